The van der Waals surface area contributed by atoms with Crippen molar-refractivity contribution in [3.05, 3.63) is 135 Å². The first-order chi connectivity index (χ1) is 34.1. The maximum atomic E-state index is 12.6. The first kappa shape index (κ1) is 51.9. The molecule has 73 heavy (non-hydrogen) atoms. The van der Waals surface area contributed by atoms with Crippen molar-refractivity contribution in [1.29, 1.82) is 0 Å². The molecule has 0 saturated carbocycles. The van der Waals surface area contributed by atoms with E-state index < -0.39 is 115 Å². The number of nitrogen functional groups attached to an aromatic ring is 1. The highest BCUT2D eigenvalue weighted by Gasteiger charge is 2.27. The van der Waals surface area contributed by atoms with E-state index in [1.807, 2.05) is 0 Å². The van der Waals surface area contributed by atoms with Crippen LogP contribution in [0, 0.1) is 20.2 Å². The van der Waals surface area contributed by atoms with Gasteiger partial charge < -0.3 is 26.6 Å². The van der Waals surface area contributed by atoms with Crippen LogP contribution in [-0.2, 0) is 40.5 Å². The summed E-state index contributed by atoms with van der Waals surface area (Å²) in [5.74, 6) is -1.60. The number of azo groups is 3. The number of nitrogens with two attached hydrogens (primary N) is 1. The highest BCUT2D eigenvalue weighted by atomic mass is 32.2. The average molecular weight is 1080 g/mol. The molecule has 0 fully saturated rings. The van der Waals surface area contributed by atoms with Crippen molar-refractivity contribution in [3.63, 3.8) is 0 Å². The van der Waals surface area contributed by atoms with Gasteiger partial charge in [-0.25, -0.2) is 0 Å². The summed E-state index contributed by atoms with van der Waals surface area (Å²) in [6.45, 7) is 0. The third-order valence-electron chi connectivity index (χ3n) is 9.81. The molecule has 0 bridgehead atoms. The molecule has 7 aromatic rings. The van der Waals surface area contributed by atoms with Crippen LogP contribution >= 0.6 is 0 Å². The Labute approximate surface area is 409 Å². The maximum absolute atomic E-state index is 12.6. The second-order valence-corrected chi connectivity index (χ2v) is 20.3. The summed E-state index contributed by atoms with van der Waals surface area (Å²) in [6.07, 6.45) is 0. The van der Waals surface area contributed by atoms with E-state index in [2.05, 4.69) is 41.3 Å². The van der Waals surface area contributed by atoms with Gasteiger partial charge in [-0.15, -0.1) is 20.5 Å². The number of aromatic hydroxyl groups is 2. The number of nitro benzene ring substituents is 2. The van der Waals surface area contributed by atoms with Crippen molar-refractivity contribution in [2.24, 2.45) is 30.7 Å². The highest BCUT2D eigenvalue weighted by molar-refractivity contribution is 7.86. The lowest BCUT2D eigenvalue weighted by atomic mass is 10.1. The molecule has 376 valence electrons. The molecule has 7 rings (SSSR count). The van der Waals surface area contributed by atoms with Gasteiger partial charge in [0.1, 0.15) is 37.5 Å². The number of benzene rings is 7. The number of anilines is 5. The number of hydrogen-bond acceptors (Lipinski definition) is 23. The van der Waals surface area contributed by atoms with Crippen molar-refractivity contribution >= 4 is 125 Å². The zero-order valence-corrected chi connectivity index (χ0v) is 39.1. The Hall–Kier alpha value is -8.96. The van der Waals surface area contributed by atoms with Gasteiger partial charge in [-0.3, -0.25) is 38.4 Å². The zero-order valence-electron chi connectivity index (χ0n) is 35.8. The molecule has 0 spiro atoms. The largest absolute Gasteiger partial charge is 0.506 e. The molecule has 0 aliphatic rings. The predicted molar refractivity (Wildman–Crippen MR) is 256 cm³/mol. The molecular weight excluding hydrogens is 1050 g/mol. The van der Waals surface area contributed by atoms with E-state index >= 15 is 0 Å². The van der Waals surface area contributed by atoms with Crippen LogP contribution in [0.2, 0.25) is 0 Å². The lowest BCUT2D eigenvalue weighted by Crippen LogP contribution is -2.04. The molecule has 0 aromatic heterocycles. The molecule has 0 heterocycles. The molecule has 33 heteroatoms. The number of nitrogens with one attached hydrogen (secondary N) is 2. The quantitative estimate of drug-likeness (QED) is 0.0143. The summed E-state index contributed by atoms with van der Waals surface area (Å²) in [5, 5.41) is 72.6. The fourth-order valence-electron chi connectivity index (χ4n) is 6.45. The normalized spacial score (nSPS) is 12.5. The summed E-state index contributed by atoms with van der Waals surface area (Å²) >= 11 is 0. The van der Waals surface area contributed by atoms with E-state index in [9.17, 15) is 82.3 Å². The van der Waals surface area contributed by atoms with E-state index in [0.29, 0.717) is 18.2 Å². The molecule has 0 unspecified atom stereocenters. The molecule has 0 saturated heterocycles. The monoisotopic (exact) mass is 1080 g/mol. The van der Waals surface area contributed by atoms with Crippen LogP contribution in [-0.4, -0.2) is 71.9 Å². The van der Waals surface area contributed by atoms with Crippen LogP contribution < -0.4 is 16.4 Å². The molecule has 0 amide bonds. The third kappa shape index (κ3) is 12.0. The van der Waals surface area contributed by atoms with Crippen molar-refractivity contribution in [3.8, 4) is 11.5 Å². The standard InChI is InChI=1S/C40H29N11O18S4/c41-28-18-34(52)32(47-44-23-5-1-21(2-6-23)42-29-11-9-25(50(54)55)15-35(29)71(61,62)63)19-31(28)46-48-33-17-27(70(58,59)60)13-20-14-37(73(67,68)69)39(40(53)38(20)33)49-45-24-7-3-22(4-8-24)43-30-12-10-26(51(56)57)16-36(30)72(64,65)66/h1-19,42-43,52-53H,41H2,(H,58,59,60)(H,61,62,63)(H,64,65,66)(H,67,68,69). The van der Waals surface area contributed by atoms with Gasteiger partial charge in [0, 0.05) is 41.7 Å². The lowest BCUT2D eigenvalue weighted by Gasteiger charge is -2.12. The topological polar surface area (TPSA) is 468 Å². The predicted octanol–water partition coefficient (Wildman–Crippen LogP) is 9.37. The number of fused-ring (bicyclic) bond motifs is 1. The Balaban J connectivity index is 1.20. The third-order valence-corrected chi connectivity index (χ3v) is 13.3. The number of hydrogen-bond donors (Lipinski definition) is 9. The van der Waals surface area contributed by atoms with Gasteiger partial charge in [0.15, 0.2) is 5.75 Å². The minimum atomic E-state index is -5.31. The number of phenolic OH excluding ortho intramolecular Hbond substituents is 2. The van der Waals surface area contributed by atoms with Crippen LogP contribution in [0.4, 0.5) is 73.9 Å². The molecule has 10 N–H and O–H groups in total. The van der Waals surface area contributed by atoms with Gasteiger partial charge in [0.2, 0.25) is 0 Å². The summed E-state index contributed by atoms with van der Waals surface area (Å²) in [4.78, 5) is 17.0. The van der Waals surface area contributed by atoms with Gasteiger partial charge in [-0.2, -0.15) is 43.9 Å². The highest BCUT2D eigenvalue weighted by Crippen LogP contribution is 2.47. The Morgan fingerprint density at radius 3 is 1.38 bits per heavy atom. The van der Waals surface area contributed by atoms with Gasteiger partial charge >= 0.3 is 0 Å². The minimum absolute atomic E-state index is 0.0620. The van der Waals surface area contributed by atoms with Gasteiger partial charge in [0.05, 0.1) is 54.3 Å². The maximum Gasteiger partial charge on any atom is 0.296 e. The van der Waals surface area contributed by atoms with E-state index in [1.165, 1.54) is 48.5 Å². The second kappa shape index (κ2) is 19.7. The van der Waals surface area contributed by atoms with E-state index in [0.717, 1.165) is 48.5 Å². The van der Waals surface area contributed by atoms with Gasteiger partial charge in [-0.05, 0) is 90.3 Å². The first-order valence-corrected chi connectivity index (χ1v) is 25.3. The molecule has 0 atom stereocenters. The molecule has 29 nitrogen and oxygen atoms in total. The van der Waals surface area contributed by atoms with Crippen LogP contribution in [0.25, 0.3) is 10.8 Å². The van der Waals surface area contributed by atoms with Crippen LogP contribution in [0.5, 0.6) is 11.5 Å². The van der Waals surface area contributed by atoms with E-state index in [1.54, 1.807) is 0 Å². The number of nitro groups is 2. The van der Waals surface area contributed by atoms with Crippen LogP contribution in [0.1, 0.15) is 0 Å². The van der Waals surface area contributed by atoms with Gasteiger partial charge in [-0.1, -0.05) is 0 Å². The van der Waals surface area contributed by atoms with Crippen molar-refractivity contribution < 1.29 is 71.9 Å². The summed E-state index contributed by atoms with van der Waals surface area (Å²) in [7, 11) is -20.3. The van der Waals surface area contributed by atoms with Crippen molar-refractivity contribution in [2.45, 2.75) is 19.6 Å². The smallest absolute Gasteiger partial charge is 0.296 e. The first-order valence-electron chi connectivity index (χ1n) is 19.5. The fourth-order valence-corrected chi connectivity index (χ4v) is 8.98. The van der Waals surface area contributed by atoms with Crippen LogP contribution in [0.3, 0.4) is 0 Å². The lowest BCUT2D eigenvalue weighted by molar-refractivity contribution is -0.385. The Bertz CT molecular complexity index is 4010. The molecule has 0 aliphatic heterocycles. The summed E-state index contributed by atoms with van der Waals surface area (Å²) in [6, 6.07) is 20.2. The SMILES string of the molecule is Nc1cc(O)c(N=Nc2ccc(Nc3ccc([N+](=O)[O-])cc3S(=O)(=O)O)cc2)cc1N=Nc1cc(S(=O)(=O)O)cc2cc(S(=O)(=O)O)c(N=Nc3ccc(Nc4ccc([N+](=O)[O-])cc4S(=O)(=O)O)cc3)c(O)c12. The number of phenols is 2. The Morgan fingerprint density at radius 1 is 0.479 bits per heavy atom. The number of nitrogens with zero attached hydrogens (tertiary/aromatic N) is 8. The van der Waals surface area contributed by atoms with E-state index in [-0.39, 0.29) is 51.2 Å². The van der Waals surface area contributed by atoms with E-state index in [4.69, 9.17) is 5.73 Å². The summed E-state index contributed by atoms with van der Waals surface area (Å²) < 4.78 is 137. The van der Waals surface area contributed by atoms with Crippen molar-refractivity contribution in [2.75, 3.05) is 16.4 Å². The van der Waals surface area contributed by atoms with Crippen LogP contribution in [0.15, 0.2) is 166 Å². The van der Waals surface area contributed by atoms with Crippen molar-refractivity contribution in [1.82, 2.24) is 0 Å². The molecule has 7 aromatic carbocycles. The molecule has 0 aliphatic carbocycles. The average Bonchev–Trinajstić information content (AvgIpc) is 3.30. The summed E-state index contributed by atoms with van der Waals surface area (Å²) in [5.41, 5.74) is 2.59. The molecule has 0 radical (unpaired) electrons. The zero-order chi connectivity index (χ0) is 53.4. The second-order valence-electron chi connectivity index (χ2n) is 14.7. The van der Waals surface area contributed by atoms with Gasteiger partial charge in [0.25, 0.3) is 51.8 Å². The minimum Gasteiger partial charge on any atom is -0.506 e. The number of rotatable bonds is 16. The molecular formula is C40H29N11O18S4. The Morgan fingerprint density at radius 2 is 0.932 bits per heavy atom. The number of non-ortho nitro benzene ring substituents is 2. The Kier molecular flexibility index (Phi) is 14.0. The fraction of sp³-hybridized carbons (Fsp3) is 0.